The minimum absolute atomic E-state index is 0.144. The quantitative estimate of drug-likeness (QED) is 0.220. The fraction of sp³-hybridized carbons (Fsp3) is 0.192. The Morgan fingerprint density at radius 2 is 1.54 bits per heavy atom. The predicted octanol–water partition coefficient (Wildman–Crippen LogP) is 5.08. The van der Waals surface area contributed by atoms with E-state index in [-0.39, 0.29) is 6.61 Å². The van der Waals surface area contributed by atoms with Gasteiger partial charge in [-0.05, 0) is 49.4 Å². The molecule has 0 fully saturated rings. The van der Waals surface area contributed by atoms with E-state index in [0.717, 1.165) is 0 Å². The summed E-state index contributed by atoms with van der Waals surface area (Å²) in [4.78, 5) is 24.6. The van der Waals surface area contributed by atoms with E-state index in [1.165, 1.54) is 21.3 Å². The van der Waals surface area contributed by atoms with Crippen LogP contribution in [-0.4, -0.2) is 38.9 Å². The van der Waals surface area contributed by atoms with Crippen LogP contribution in [0.4, 0.5) is 5.69 Å². The van der Waals surface area contributed by atoms with Crippen LogP contribution in [0, 0.1) is 0 Å². The third-order valence-electron chi connectivity index (χ3n) is 5.20. The first-order chi connectivity index (χ1) is 17.8. The third-order valence-corrected chi connectivity index (χ3v) is 5.91. The smallest absolute Gasteiger partial charge is 0.329 e. The van der Waals surface area contributed by atoms with Crippen molar-refractivity contribution in [3.63, 3.8) is 0 Å². The van der Waals surface area contributed by atoms with Gasteiger partial charge in [0.1, 0.15) is 18.1 Å². The second-order valence-electron chi connectivity index (χ2n) is 7.51. The number of nitrogens with one attached hydrogen (secondary N) is 2. The molecule has 0 saturated carbocycles. The molecule has 194 valence electrons. The maximum Gasteiger partial charge on any atom is 0.329 e. The van der Waals surface area contributed by atoms with Crippen LogP contribution in [0.25, 0.3) is 0 Å². The molecule has 0 heterocycles. The molecule has 0 aliphatic carbocycles. The maximum absolute atomic E-state index is 12.3. The van der Waals surface area contributed by atoms with Gasteiger partial charge in [0.05, 0.1) is 32.7 Å². The van der Waals surface area contributed by atoms with E-state index in [1.54, 1.807) is 61.5 Å². The van der Waals surface area contributed by atoms with Gasteiger partial charge in [0.2, 0.25) is 0 Å². The van der Waals surface area contributed by atoms with E-state index < -0.39 is 11.8 Å². The lowest BCUT2D eigenvalue weighted by atomic mass is 10.1. The Kier molecular flexibility index (Phi) is 9.59. The summed E-state index contributed by atoms with van der Waals surface area (Å²) in [5.74, 6) is -0.0939. The first kappa shape index (κ1) is 27.6. The van der Waals surface area contributed by atoms with Gasteiger partial charge in [0.25, 0.3) is 0 Å². The molecule has 0 bridgehead atoms. The minimum atomic E-state index is -0.958. The highest BCUT2D eigenvalue weighted by molar-refractivity contribution is 6.39. The van der Waals surface area contributed by atoms with Crippen molar-refractivity contribution in [2.24, 2.45) is 5.10 Å². The molecule has 0 saturated heterocycles. The van der Waals surface area contributed by atoms with E-state index in [9.17, 15) is 9.59 Å². The SMILES string of the molecule is COc1ccc(NC(=O)C(=O)N/N=C(\C)c2ccc(OCc3c(Cl)cccc3Cl)c(OC)c2)c(OC)c1. The van der Waals surface area contributed by atoms with Gasteiger partial charge in [-0.1, -0.05) is 29.3 Å². The molecule has 11 heteroatoms. The second-order valence-corrected chi connectivity index (χ2v) is 8.33. The van der Waals surface area contributed by atoms with Crippen LogP contribution in [0.2, 0.25) is 10.0 Å². The van der Waals surface area contributed by atoms with Gasteiger partial charge >= 0.3 is 11.8 Å². The van der Waals surface area contributed by atoms with Crippen molar-refractivity contribution in [3.05, 3.63) is 75.8 Å². The van der Waals surface area contributed by atoms with Gasteiger partial charge in [-0.25, -0.2) is 5.43 Å². The average molecular weight is 546 g/mol. The molecular weight excluding hydrogens is 521 g/mol. The van der Waals surface area contributed by atoms with Crippen LogP contribution < -0.4 is 29.7 Å². The number of hydrazone groups is 1. The van der Waals surface area contributed by atoms with E-state index in [1.807, 2.05) is 0 Å². The van der Waals surface area contributed by atoms with E-state index >= 15 is 0 Å². The summed E-state index contributed by atoms with van der Waals surface area (Å²) >= 11 is 12.4. The molecule has 0 atom stereocenters. The number of ether oxygens (including phenoxy) is 4. The molecule has 3 rings (SSSR count). The first-order valence-electron chi connectivity index (χ1n) is 10.9. The first-order valence-corrected chi connectivity index (χ1v) is 11.6. The van der Waals surface area contributed by atoms with Crippen molar-refractivity contribution in [2.45, 2.75) is 13.5 Å². The Hall–Kier alpha value is -3.95. The summed E-state index contributed by atoms with van der Waals surface area (Å²) in [6.45, 7) is 1.81. The molecule has 0 unspecified atom stereocenters. The highest BCUT2D eigenvalue weighted by atomic mass is 35.5. The van der Waals surface area contributed by atoms with E-state index in [2.05, 4.69) is 15.8 Å². The zero-order valence-corrected chi connectivity index (χ0v) is 22.1. The molecule has 2 N–H and O–H groups in total. The lowest BCUT2D eigenvalue weighted by molar-refractivity contribution is -0.136. The highest BCUT2D eigenvalue weighted by Crippen LogP contribution is 2.32. The van der Waals surface area contributed by atoms with Crippen LogP contribution in [0.5, 0.6) is 23.0 Å². The molecule has 37 heavy (non-hydrogen) atoms. The number of benzene rings is 3. The highest BCUT2D eigenvalue weighted by Gasteiger charge is 2.17. The Balaban J connectivity index is 1.66. The number of amides is 2. The molecule has 0 aromatic heterocycles. The molecular formula is C26H25Cl2N3O6. The number of rotatable bonds is 9. The summed E-state index contributed by atoms with van der Waals surface area (Å²) in [5.41, 5.74) is 4.27. The van der Waals surface area contributed by atoms with Gasteiger partial charge in [0.15, 0.2) is 11.5 Å². The largest absolute Gasteiger partial charge is 0.497 e. The Bertz CT molecular complexity index is 1310. The summed E-state index contributed by atoms with van der Waals surface area (Å²) in [5, 5.41) is 7.50. The van der Waals surface area contributed by atoms with Crippen LogP contribution >= 0.6 is 23.2 Å². The zero-order chi connectivity index (χ0) is 26.9. The Morgan fingerprint density at radius 1 is 0.838 bits per heavy atom. The van der Waals surface area contributed by atoms with Crippen molar-refractivity contribution in [1.29, 1.82) is 0 Å². The second kappa shape index (κ2) is 12.8. The van der Waals surface area contributed by atoms with E-state index in [0.29, 0.717) is 55.6 Å². The van der Waals surface area contributed by atoms with E-state index in [4.69, 9.17) is 42.1 Å². The third kappa shape index (κ3) is 7.05. The Morgan fingerprint density at radius 3 is 2.19 bits per heavy atom. The lowest BCUT2D eigenvalue weighted by Gasteiger charge is -2.14. The zero-order valence-electron chi connectivity index (χ0n) is 20.6. The van der Waals surface area contributed by atoms with Crippen LogP contribution in [0.15, 0.2) is 59.7 Å². The molecule has 3 aromatic carbocycles. The molecule has 9 nitrogen and oxygen atoms in total. The number of halogens is 2. The average Bonchev–Trinajstić information content (AvgIpc) is 2.91. The molecule has 2 amide bonds. The standard InChI is InChI=1S/C26H25Cl2N3O6/c1-15(30-31-26(33)25(32)29-21-10-9-17(34-2)13-23(21)35-3)16-8-11-22(24(12-16)36-4)37-14-18-19(27)6-5-7-20(18)28/h5-13H,14H2,1-4H3,(H,29,32)(H,31,33)/b30-15+. The van der Waals surface area contributed by atoms with Crippen molar-refractivity contribution < 1.29 is 28.5 Å². The summed E-state index contributed by atoms with van der Waals surface area (Å²) in [7, 11) is 4.45. The number of carbonyl (C=O) groups excluding carboxylic acids is 2. The van der Waals surface area contributed by atoms with Gasteiger partial charge < -0.3 is 24.3 Å². The van der Waals surface area contributed by atoms with Gasteiger partial charge in [-0.3, -0.25) is 9.59 Å². The minimum Gasteiger partial charge on any atom is -0.497 e. The van der Waals surface area contributed by atoms with Crippen LogP contribution in [0.1, 0.15) is 18.1 Å². The van der Waals surface area contributed by atoms with Gasteiger partial charge in [-0.2, -0.15) is 5.10 Å². The summed E-state index contributed by atoms with van der Waals surface area (Å²) < 4.78 is 21.6. The van der Waals surface area contributed by atoms with Gasteiger partial charge in [-0.15, -0.1) is 0 Å². The summed E-state index contributed by atoms with van der Waals surface area (Å²) in [6, 6.07) is 15.1. The predicted molar refractivity (Wildman–Crippen MR) is 142 cm³/mol. The number of anilines is 1. The van der Waals surface area contributed by atoms with Crippen molar-refractivity contribution >= 4 is 46.4 Å². The number of hydrogen-bond donors (Lipinski definition) is 2. The fourth-order valence-corrected chi connectivity index (χ4v) is 3.67. The molecule has 0 spiro atoms. The fourth-order valence-electron chi connectivity index (χ4n) is 3.16. The molecule has 0 radical (unpaired) electrons. The van der Waals surface area contributed by atoms with Crippen molar-refractivity contribution in [1.82, 2.24) is 5.43 Å². The van der Waals surface area contributed by atoms with Crippen molar-refractivity contribution in [2.75, 3.05) is 26.6 Å². The molecule has 0 aliphatic rings. The maximum atomic E-state index is 12.3. The number of hydrogen-bond acceptors (Lipinski definition) is 7. The number of nitrogens with zero attached hydrogens (tertiary/aromatic N) is 1. The topological polar surface area (TPSA) is 107 Å². The van der Waals surface area contributed by atoms with Crippen molar-refractivity contribution in [3.8, 4) is 23.0 Å². The lowest BCUT2D eigenvalue weighted by Crippen LogP contribution is -2.33. The normalized spacial score (nSPS) is 10.9. The van der Waals surface area contributed by atoms with Crippen LogP contribution in [0.3, 0.4) is 0 Å². The van der Waals surface area contributed by atoms with Crippen LogP contribution in [-0.2, 0) is 16.2 Å². The van der Waals surface area contributed by atoms with Gasteiger partial charge in [0, 0.05) is 27.2 Å². The monoisotopic (exact) mass is 545 g/mol. The summed E-state index contributed by atoms with van der Waals surface area (Å²) in [6.07, 6.45) is 0. The molecule has 0 aliphatic heterocycles. The molecule has 3 aromatic rings. The number of methoxy groups -OCH3 is 3. The number of carbonyl (C=O) groups is 2. The Labute approximate surface area is 224 Å².